The highest BCUT2D eigenvalue weighted by molar-refractivity contribution is 7.25. The molecule has 11 aromatic rings. The van der Waals surface area contributed by atoms with E-state index in [-0.39, 0.29) is 6.17 Å². The topological polar surface area (TPSA) is 24.4 Å². The molecule has 0 radical (unpaired) electrons. The van der Waals surface area contributed by atoms with E-state index < -0.39 is 10.8 Å². The van der Waals surface area contributed by atoms with E-state index >= 15 is 0 Å². The average Bonchev–Trinajstić information content (AvgIpc) is 4.06. The van der Waals surface area contributed by atoms with Crippen LogP contribution in [-0.4, -0.2) is 5.71 Å². The number of hydrogen-bond acceptors (Lipinski definition) is 3. The molecule has 3 heteroatoms. The van der Waals surface area contributed by atoms with Crippen LogP contribution in [0.5, 0.6) is 0 Å². The highest BCUT2D eigenvalue weighted by Crippen LogP contribution is 2.69. The van der Waals surface area contributed by atoms with Crippen molar-refractivity contribution in [3.8, 4) is 33.4 Å². The lowest BCUT2D eigenvalue weighted by Crippen LogP contribution is -2.43. The molecule has 1 N–H and O–H groups in total. The summed E-state index contributed by atoms with van der Waals surface area (Å²) in [6.07, 6.45) is 2.00. The summed E-state index contributed by atoms with van der Waals surface area (Å²) < 4.78 is 2.62. The van der Waals surface area contributed by atoms with Crippen LogP contribution < -0.4 is 5.32 Å². The predicted octanol–water partition coefficient (Wildman–Crippen LogP) is 15.9. The zero-order valence-electron chi connectivity index (χ0n) is 37.5. The summed E-state index contributed by atoms with van der Waals surface area (Å²) in [5.41, 5.74) is 22.5. The number of nitrogens with zero attached hydrogens (tertiary/aromatic N) is 1. The van der Waals surface area contributed by atoms with Crippen LogP contribution in [0.2, 0.25) is 0 Å². The van der Waals surface area contributed by atoms with Crippen molar-refractivity contribution in [3.63, 3.8) is 0 Å². The Kier molecular flexibility index (Phi) is 8.17. The Morgan fingerprint density at radius 1 is 0.377 bits per heavy atom. The third-order valence-corrected chi connectivity index (χ3v) is 16.7. The Bertz CT molecular complexity index is 3890. The van der Waals surface area contributed by atoms with Crippen molar-refractivity contribution in [2.24, 2.45) is 4.99 Å². The summed E-state index contributed by atoms with van der Waals surface area (Å²) in [6, 6.07) is 88.4. The first-order valence-corrected chi connectivity index (χ1v) is 24.8. The molecule has 322 valence electrons. The first-order valence-electron chi connectivity index (χ1n) is 24.0. The smallest absolute Gasteiger partial charge is 0.145 e. The number of rotatable bonds is 4. The van der Waals surface area contributed by atoms with Crippen LogP contribution in [0.25, 0.3) is 59.3 Å². The normalized spacial score (nSPS) is 16.2. The van der Waals surface area contributed by atoms with Crippen molar-refractivity contribution >= 4 is 42.9 Å². The van der Waals surface area contributed by atoms with Crippen LogP contribution in [-0.2, 0) is 10.8 Å². The average molecular weight is 895 g/mol. The standard InChI is InChI=1S/C66H42N2S/c1-3-18-41(19-4-1)42-34-36-43(37-35-42)57-40-58(68-64(67-57)44-20-5-2-6-21-44)47-25-17-32-56-61(47)49-38-39-60-62(48-24-9-16-33-59(48)69-60)63(49)66(56)54-30-14-12-28-52(54)65(53-29-13-15-31-55(53)66)50-26-10-7-22-45(50)46-23-8-11-27-51(46)65/h1-40,64,68H. The van der Waals surface area contributed by atoms with Crippen molar-refractivity contribution in [2.45, 2.75) is 17.0 Å². The number of hydrogen-bond donors (Lipinski definition) is 1. The summed E-state index contributed by atoms with van der Waals surface area (Å²) in [4.78, 5) is 5.46. The summed E-state index contributed by atoms with van der Waals surface area (Å²) >= 11 is 1.90. The lowest BCUT2D eigenvalue weighted by atomic mass is 9.52. The number of aliphatic imine (C=N–C) groups is 1. The van der Waals surface area contributed by atoms with Gasteiger partial charge in [-0.25, -0.2) is 0 Å². The van der Waals surface area contributed by atoms with Gasteiger partial charge in [-0.2, -0.15) is 0 Å². The van der Waals surface area contributed by atoms with Crippen LogP contribution in [0.15, 0.2) is 248 Å². The fourth-order valence-electron chi connectivity index (χ4n) is 13.0. The van der Waals surface area contributed by atoms with E-state index in [9.17, 15) is 0 Å². The number of fused-ring (bicyclic) bond motifs is 20. The zero-order valence-corrected chi connectivity index (χ0v) is 38.3. The molecule has 1 aliphatic heterocycles. The van der Waals surface area contributed by atoms with Crippen molar-refractivity contribution in [1.82, 2.24) is 5.32 Å². The lowest BCUT2D eigenvalue weighted by Gasteiger charge is -2.49. The van der Waals surface area contributed by atoms with Gasteiger partial charge in [0.05, 0.1) is 16.5 Å². The Balaban J connectivity index is 1.03. The Morgan fingerprint density at radius 2 is 0.899 bits per heavy atom. The molecule has 2 heterocycles. The van der Waals surface area contributed by atoms with Crippen molar-refractivity contribution in [1.29, 1.82) is 0 Å². The highest BCUT2D eigenvalue weighted by atomic mass is 32.1. The van der Waals surface area contributed by atoms with Gasteiger partial charge in [0, 0.05) is 31.4 Å². The number of thiophene rings is 1. The maximum Gasteiger partial charge on any atom is 0.145 e. The second-order valence-corrected chi connectivity index (χ2v) is 19.9. The number of allylic oxidation sites excluding steroid dienone is 1. The molecule has 15 rings (SSSR count). The lowest BCUT2D eigenvalue weighted by molar-refractivity contribution is 0.635. The van der Waals surface area contributed by atoms with Gasteiger partial charge in [-0.05, 0) is 107 Å². The third kappa shape index (κ3) is 5.17. The van der Waals surface area contributed by atoms with Crippen molar-refractivity contribution < 1.29 is 0 Å². The van der Waals surface area contributed by atoms with E-state index in [1.807, 2.05) is 11.3 Å². The van der Waals surface area contributed by atoms with E-state index in [1.54, 1.807) is 0 Å². The predicted molar refractivity (Wildman–Crippen MR) is 286 cm³/mol. The minimum absolute atomic E-state index is 0.289. The van der Waals surface area contributed by atoms with Gasteiger partial charge in [0.25, 0.3) is 0 Å². The molecule has 1 unspecified atom stereocenters. The summed E-state index contributed by atoms with van der Waals surface area (Å²) in [7, 11) is 0. The first kappa shape index (κ1) is 38.7. The van der Waals surface area contributed by atoms with Gasteiger partial charge in [0.15, 0.2) is 0 Å². The molecule has 3 aliphatic carbocycles. The number of benzene rings is 10. The first-order chi connectivity index (χ1) is 34.2. The molecule has 4 aliphatic rings. The minimum atomic E-state index is -0.660. The fraction of sp³-hybridized carbons (Fsp3) is 0.0455. The largest absolute Gasteiger partial charge is 0.359 e. The molecule has 0 amide bonds. The van der Waals surface area contributed by atoms with Gasteiger partial charge in [-0.1, -0.05) is 224 Å². The van der Waals surface area contributed by atoms with Crippen molar-refractivity contribution in [2.75, 3.05) is 0 Å². The fourth-order valence-corrected chi connectivity index (χ4v) is 14.1. The molecule has 10 aromatic carbocycles. The quantitative estimate of drug-likeness (QED) is 0.187. The molecule has 2 nitrogen and oxygen atoms in total. The van der Waals surface area contributed by atoms with Gasteiger partial charge < -0.3 is 5.32 Å². The number of nitrogens with one attached hydrogen (secondary N) is 1. The maximum absolute atomic E-state index is 5.46. The van der Waals surface area contributed by atoms with E-state index in [2.05, 4.69) is 248 Å². The van der Waals surface area contributed by atoms with Gasteiger partial charge in [0.2, 0.25) is 0 Å². The summed E-state index contributed by atoms with van der Waals surface area (Å²) in [5, 5.41) is 6.66. The molecule has 1 atom stereocenters. The molecule has 0 fully saturated rings. The van der Waals surface area contributed by atoms with E-state index in [0.29, 0.717) is 0 Å². The maximum atomic E-state index is 5.46. The molecular weight excluding hydrogens is 853 g/mol. The second kappa shape index (κ2) is 14.6. The highest BCUT2D eigenvalue weighted by Gasteiger charge is 2.59. The third-order valence-electron chi connectivity index (χ3n) is 15.6. The Hall–Kier alpha value is -8.37. The minimum Gasteiger partial charge on any atom is -0.359 e. The van der Waals surface area contributed by atoms with Crippen LogP contribution in [0.4, 0.5) is 0 Å². The molecule has 2 spiro atoms. The van der Waals surface area contributed by atoms with Crippen LogP contribution >= 0.6 is 11.3 Å². The molecule has 0 saturated heterocycles. The Morgan fingerprint density at radius 3 is 1.58 bits per heavy atom. The van der Waals surface area contributed by atoms with Gasteiger partial charge in [-0.3, -0.25) is 4.99 Å². The summed E-state index contributed by atoms with van der Waals surface area (Å²) in [5.74, 6) is 0. The molecular formula is C66H42N2S. The van der Waals surface area contributed by atoms with Crippen LogP contribution in [0.1, 0.15) is 67.4 Å². The van der Waals surface area contributed by atoms with Gasteiger partial charge in [-0.15, -0.1) is 11.3 Å². The summed E-state index contributed by atoms with van der Waals surface area (Å²) in [6.45, 7) is 0. The van der Waals surface area contributed by atoms with Crippen LogP contribution in [0, 0.1) is 0 Å². The van der Waals surface area contributed by atoms with E-state index in [1.165, 1.54) is 104 Å². The molecule has 1 aromatic heterocycles. The van der Waals surface area contributed by atoms with E-state index in [0.717, 1.165) is 22.5 Å². The van der Waals surface area contributed by atoms with Crippen molar-refractivity contribution in [3.05, 3.63) is 304 Å². The van der Waals surface area contributed by atoms with Gasteiger partial charge >= 0.3 is 0 Å². The van der Waals surface area contributed by atoms with Crippen LogP contribution in [0.3, 0.4) is 0 Å². The zero-order chi connectivity index (χ0) is 45.3. The SMILES string of the molecule is C1=C(c2cccc3c2-c2ccc4sc5ccccc5c4c2C32c3ccccc3C3(c4ccccc4-c4ccccc43)c3ccccc32)NC(c2ccccc2)N=C1c1ccc(-c2ccccc2)cc1. The Labute approximate surface area is 405 Å². The monoisotopic (exact) mass is 894 g/mol. The second-order valence-electron chi connectivity index (χ2n) is 18.8. The van der Waals surface area contributed by atoms with Gasteiger partial charge in [0.1, 0.15) is 6.17 Å². The van der Waals surface area contributed by atoms with E-state index in [4.69, 9.17) is 4.99 Å². The molecule has 69 heavy (non-hydrogen) atoms. The molecule has 0 saturated carbocycles. The molecule has 0 bridgehead atoms.